The van der Waals surface area contributed by atoms with Crippen LogP contribution >= 0.6 is 0 Å². The monoisotopic (exact) mass is 240 g/mol. The number of carbonyl (C=O) groups excluding carboxylic acids is 1. The summed E-state index contributed by atoms with van der Waals surface area (Å²) < 4.78 is 0. The Morgan fingerprint density at radius 2 is 1.83 bits per heavy atom. The summed E-state index contributed by atoms with van der Waals surface area (Å²) in [5.74, 6) is -0.334. The van der Waals surface area contributed by atoms with E-state index in [9.17, 15) is 9.90 Å². The van der Waals surface area contributed by atoms with E-state index in [-0.39, 0.29) is 5.78 Å². The standard InChI is InChI=1S/C15H14NO2/c1-10-9-12(7-8-13(10)16)15(18)14(17)11-5-3-2-4-6-11/h2-9,15,18H,1,16H2. The fourth-order valence-electron chi connectivity index (χ4n) is 1.71. The molecule has 0 aliphatic carbocycles. The van der Waals surface area contributed by atoms with E-state index in [1.54, 1.807) is 42.5 Å². The minimum atomic E-state index is -1.19. The second kappa shape index (κ2) is 5.02. The van der Waals surface area contributed by atoms with Gasteiger partial charge in [0.25, 0.3) is 0 Å². The van der Waals surface area contributed by atoms with Crippen molar-refractivity contribution >= 4 is 11.5 Å². The van der Waals surface area contributed by atoms with Crippen molar-refractivity contribution in [1.29, 1.82) is 0 Å². The molecule has 3 nitrogen and oxygen atoms in total. The van der Waals surface area contributed by atoms with Crippen LogP contribution in [0, 0.1) is 6.92 Å². The molecule has 0 amide bonds. The number of Topliss-reactive ketones (excluding diaryl/α,β-unsaturated/α-hetero) is 1. The lowest BCUT2D eigenvalue weighted by Crippen LogP contribution is -2.12. The number of aliphatic hydroxyl groups excluding tert-OH is 1. The topological polar surface area (TPSA) is 63.3 Å². The van der Waals surface area contributed by atoms with Crippen molar-refractivity contribution in [2.75, 3.05) is 5.73 Å². The van der Waals surface area contributed by atoms with Crippen molar-refractivity contribution in [3.8, 4) is 0 Å². The molecule has 0 fully saturated rings. The van der Waals surface area contributed by atoms with Crippen LogP contribution in [0.15, 0.2) is 48.5 Å². The third-order valence-corrected chi connectivity index (χ3v) is 2.79. The van der Waals surface area contributed by atoms with Crippen LogP contribution in [0.1, 0.15) is 27.6 Å². The van der Waals surface area contributed by atoms with E-state index in [0.29, 0.717) is 22.4 Å². The lowest BCUT2D eigenvalue weighted by molar-refractivity contribution is 0.0747. The molecule has 3 heteroatoms. The molecule has 91 valence electrons. The highest BCUT2D eigenvalue weighted by molar-refractivity contribution is 5.99. The Morgan fingerprint density at radius 3 is 2.44 bits per heavy atom. The van der Waals surface area contributed by atoms with Gasteiger partial charge in [-0.3, -0.25) is 4.79 Å². The minimum absolute atomic E-state index is 0.334. The lowest BCUT2D eigenvalue weighted by Gasteiger charge is -2.11. The van der Waals surface area contributed by atoms with Crippen LogP contribution in [0.4, 0.5) is 5.69 Å². The Kier molecular flexibility index (Phi) is 3.44. The first-order chi connectivity index (χ1) is 8.59. The highest BCUT2D eigenvalue weighted by Gasteiger charge is 2.19. The second-order valence-electron chi connectivity index (χ2n) is 4.09. The number of carbonyl (C=O) groups is 1. The second-order valence-corrected chi connectivity index (χ2v) is 4.09. The molecule has 18 heavy (non-hydrogen) atoms. The van der Waals surface area contributed by atoms with Gasteiger partial charge in [0.05, 0.1) is 0 Å². The molecular weight excluding hydrogens is 226 g/mol. The van der Waals surface area contributed by atoms with Crippen LogP contribution in [0.3, 0.4) is 0 Å². The predicted molar refractivity (Wildman–Crippen MR) is 71.0 cm³/mol. The Bertz CT molecular complexity index is 564. The van der Waals surface area contributed by atoms with Crippen molar-refractivity contribution in [1.82, 2.24) is 0 Å². The normalized spacial score (nSPS) is 12.1. The van der Waals surface area contributed by atoms with Gasteiger partial charge < -0.3 is 10.8 Å². The summed E-state index contributed by atoms with van der Waals surface area (Å²) in [6, 6.07) is 13.6. The molecule has 0 aliphatic heterocycles. The fourth-order valence-corrected chi connectivity index (χ4v) is 1.71. The van der Waals surface area contributed by atoms with Gasteiger partial charge in [0.15, 0.2) is 5.78 Å². The SMILES string of the molecule is [CH2]c1cc(C(O)C(=O)c2ccccc2)ccc1N. The quantitative estimate of drug-likeness (QED) is 0.639. The number of aliphatic hydroxyl groups is 1. The molecule has 0 bridgehead atoms. The number of hydrogen-bond donors (Lipinski definition) is 2. The number of nitrogen functional groups attached to an aromatic ring is 1. The summed E-state index contributed by atoms with van der Waals surface area (Å²) in [5.41, 5.74) is 7.77. The van der Waals surface area contributed by atoms with Crippen LogP contribution in [0.25, 0.3) is 0 Å². The number of anilines is 1. The number of nitrogens with two attached hydrogens (primary N) is 1. The predicted octanol–water partition coefficient (Wildman–Crippen LogP) is 2.37. The maximum Gasteiger partial charge on any atom is 0.195 e. The molecule has 0 aromatic heterocycles. The zero-order valence-electron chi connectivity index (χ0n) is 9.84. The van der Waals surface area contributed by atoms with E-state index in [4.69, 9.17) is 5.73 Å². The van der Waals surface area contributed by atoms with E-state index in [2.05, 4.69) is 6.92 Å². The first-order valence-electron chi connectivity index (χ1n) is 5.58. The van der Waals surface area contributed by atoms with Gasteiger partial charge in [0.1, 0.15) is 6.10 Å². The van der Waals surface area contributed by atoms with E-state index in [1.165, 1.54) is 0 Å². The minimum Gasteiger partial charge on any atom is -0.399 e. The molecule has 0 aliphatic rings. The summed E-state index contributed by atoms with van der Waals surface area (Å²) in [6.45, 7) is 3.75. The number of rotatable bonds is 3. The summed E-state index contributed by atoms with van der Waals surface area (Å²) >= 11 is 0. The summed E-state index contributed by atoms with van der Waals surface area (Å²) in [4.78, 5) is 12.0. The van der Waals surface area contributed by atoms with Gasteiger partial charge >= 0.3 is 0 Å². The molecule has 1 unspecified atom stereocenters. The molecule has 0 heterocycles. The summed E-state index contributed by atoms with van der Waals surface area (Å²) in [6.07, 6.45) is -1.19. The van der Waals surface area contributed by atoms with Crippen molar-refractivity contribution in [3.63, 3.8) is 0 Å². The Morgan fingerprint density at radius 1 is 1.17 bits per heavy atom. The van der Waals surface area contributed by atoms with E-state index >= 15 is 0 Å². The van der Waals surface area contributed by atoms with Crippen molar-refractivity contribution in [3.05, 3.63) is 72.1 Å². The maximum atomic E-state index is 12.0. The zero-order chi connectivity index (χ0) is 13.1. The Hall–Kier alpha value is -2.13. The fraction of sp³-hybridized carbons (Fsp3) is 0.0667. The highest BCUT2D eigenvalue weighted by atomic mass is 16.3. The van der Waals surface area contributed by atoms with Crippen LogP contribution < -0.4 is 5.73 Å². The molecule has 1 radical (unpaired) electrons. The van der Waals surface area contributed by atoms with Gasteiger partial charge in [-0.25, -0.2) is 0 Å². The van der Waals surface area contributed by atoms with Gasteiger partial charge in [-0.1, -0.05) is 42.5 Å². The zero-order valence-corrected chi connectivity index (χ0v) is 9.84. The molecule has 3 N–H and O–H groups in total. The Labute approximate surface area is 106 Å². The molecular formula is C15H14NO2. The van der Waals surface area contributed by atoms with Gasteiger partial charge in [-0.05, 0) is 24.1 Å². The average molecular weight is 240 g/mol. The van der Waals surface area contributed by atoms with Crippen molar-refractivity contribution < 1.29 is 9.90 Å². The highest BCUT2D eigenvalue weighted by Crippen LogP contribution is 2.22. The van der Waals surface area contributed by atoms with Gasteiger partial charge in [-0.15, -0.1) is 0 Å². The van der Waals surface area contributed by atoms with E-state index in [1.807, 2.05) is 6.07 Å². The van der Waals surface area contributed by atoms with Crippen LogP contribution in [-0.2, 0) is 0 Å². The number of hydrogen-bond acceptors (Lipinski definition) is 3. The summed E-state index contributed by atoms with van der Waals surface area (Å²) in [5, 5.41) is 10.0. The van der Waals surface area contributed by atoms with E-state index in [0.717, 1.165) is 0 Å². The van der Waals surface area contributed by atoms with Crippen molar-refractivity contribution in [2.24, 2.45) is 0 Å². The summed E-state index contributed by atoms with van der Waals surface area (Å²) in [7, 11) is 0. The van der Waals surface area contributed by atoms with E-state index < -0.39 is 6.10 Å². The molecule has 2 aromatic rings. The molecule has 0 saturated heterocycles. The molecule has 0 saturated carbocycles. The van der Waals surface area contributed by atoms with Gasteiger partial charge in [0, 0.05) is 11.3 Å². The Balaban J connectivity index is 2.28. The van der Waals surface area contributed by atoms with Crippen LogP contribution in [0.2, 0.25) is 0 Å². The van der Waals surface area contributed by atoms with Crippen LogP contribution in [-0.4, -0.2) is 10.9 Å². The number of benzene rings is 2. The molecule has 0 spiro atoms. The maximum absolute atomic E-state index is 12.0. The van der Waals surface area contributed by atoms with Crippen LogP contribution in [0.5, 0.6) is 0 Å². The van der Waals surface area contributed by atoms with Gasteiger partial charge in [0.2, 0.25) is 0 Å². The first kappa shape index (κ1) is 12.3. The average Bonchev–Trinajstić information content (AvgIpc) is 2.41. The first-order valence-corrected chi connectivity index (χ1v) is 5.58. The van der Waals surface area contributed by atoms with Crippen molar-refractivity contribution in [2.45, 2.75) is 6.10 Å². The smallest absolute Gasteiger partial charge is 0.195 e. The lowest BCUT2D eigenvalue weighted by atomic mass is 9.98. The molecule has 2 aromatic carbocycles. The largest absolute Gasteiger partial charge is 0.399 e. The van der Waals surface area contributed by atoms with Gasteiger partial charge in [-0.2, -0.15) is 0 Å². The number of ketones is 1. The molecule has 1 atom stereocenters. The molecule has 2 rings (SSSR count). The third kappa shape index (κ3) is 2.41. The third-order valence-electron chi connectivity index (χ3n) is 2.79.